The molecule has 1 aliphatic heterocycles. The van der Waals surface area contributed by atoms with Gasteiger partial charge in [-0.15, -0.1) is 0 Å². The summed E-state index contributed by atoms with van der Waals surface area (Å²) in [4.78, 5) is 27.1. The van der Waals surface area contributed by atoms with Gasteiger partial charge < -0.3 is 8.92 Å². The van der Waals surface area contributed by atoms with Gasteiger partial charge in [0.1, 0.15) is 22.2 Å². The zero-order valence-electron chi connectivity index (χ0n) is 21.6. The van der Waals surface area contributed by atoms with Crippen LogP contribution in [0, 0.1) is 10.8 Å². The lowest BCUT2D eigenvalue weighted by Crippen LogP contribution is -2.37. The minimum Gasteiger partial charge on any atom is -0.465 e. The van der Waals surface area contributed by atoms with Crippen LogP contribution in [0.1, 0.15) is 64.9 Å². The molecule has 0 amide bonds. The molecule has 200 valence electrons. The second-order valence-corrected chi connectivity index (χ2v) is 14.2. The highest BCUT2D eigenvalue weighted by Crippen LogP contribution is 2.54. The number of ether oxygens (including phenoxy) is 1. The summed E-state index contributed by atoms with van der Waals surface area (Å²) in [6, 6.07) is 10.1. The third-order valence-corrected chi connectivity index (χ3v) is 8.90. The van der Waals surface area contributed by atoms with Crippen LogP contribution in [-0.2, 0) is 24.4 Å². The van der Waals surface area contributed by atoms with Crippen molar-refractivity contribution >= 4 is 44.9 Å². The molecular formula is C29H28Cl2O6S. The molecule has 2 aliphatic carbocycles. The van der Waals surface area contributed by atoms with Crippen LogP contribution in [0.3, 0.4) is 0 Å². The fraction of sp³-hybridized carbons (Fsp3) is 0.379. The predicted octanol–water partition coefficient (Wildman–Crippen LogP) is 7.16. The molecule has 3 aliphatic rings. The van der Waals surface area contributed by atoms with Crippen LogP contribution >= 0.6 is 23.2 Å². The van der Waals surface area contributed by atoms with Crippen LogP contribution in [0.4, 0.5) is 0 Å². The van der Waals surface area contributed by atoms with Gasteiger partial charge in [-0.1, -0.05) is 50.9 Å². The number of halogens is 2. The summed E-state index contributed by atoms with van der Waals surface area (Å²) in [5.74, 6) is -0.104. The molecular weight excluding hydrogens is 547 g/mol. The third-order valence-electron chi connectivity index (χ3n) is 7.17. The zero-order chi connectivity index (χ0) is 27.6. The number of hydrogen-bond acceptors (Lipinski definition) is 6. The van der Waals surface area contributed by atoms with Crippen LogP contribution in [0.5, 0.6) is 5.75 Å². The van der Waals surface area contributed by atoms with E-state index < -0.39 is 16.0 Å². The van der Waals surface area contributed by atoms with Crippen molar-refractivity contribution in [3.63, 3.8) is 0 Å². The number of carbonyl (C=O) groups excluding carboxylic acids is 2. The number of rotatable bonds is 4. The number of ketones is 2. The Morgan fingerprint density at radius 3 is 1.82 bits per heavy atom. The van der Waals surface area contributed by atoms with E-state index in [9.17, 15) is 18.0 Å². The Kier molecular flexibility index (Phi) is 6.56. The first kappa shape index (κ1) is 27.0. The SMILES string of the molecule is CC1(C)CC(=O)C2=C(C1)OC1=C(C(=O)CC(C)(C)C1)C2c1cc(Cl)ccc1OS(=O)(=O)c1ccc(Cl)cc1. The first-order valence-electron chi connectivity index (χ1n) is 12.4. The van der Waals surface area contributed by atoms with Crippen LogP contribution in [0.2, 0.25) is 10.0 Å². The highest BCUT2D eigenvalue weighted by atomic mass is 35.5. The van der Waals surface area contributed by atoms with Crippen LogP contribution in [-0.4, -0.2) is 20.0 Å². The van der Waals surface area contributed by atoms with Crippen molar-refractivity contribution in [1.29, 1.82) is 0 Å². The Labute approximate surface area is 232 Å². The van der Waals surface area contributed by atoms with Crippen LogP contribution in [0.25, 0.3) is 0 Å². The van der Waals surface area contributed by atoms with Crippen molar-refractivity contribution in [3.05, 3.63) is 80.7 Å². The standard InChI is InChI=1S/C29H28Cl2O6S/c1-28(2)12-20(32)26-23(14-28)36-24-15-29(3,4)13-21(33)27(24)25(26)19-11-17(31)7-10-22(19)37-38(34,35)18-8-5-16(30)6-9-18/h5-11,25H,12-15H2,1-4H3. The van der Waals surface area contributed by atoms with Crippen LogP contribution in [0.15, 0.2) is 70.0 Å². The first-order valence-corrected chi connectivity index (χ1v) is 14.5. The number of benzene rings is 2. The number of carbonyl (C=O) groups is 2. The van der Waals surface area contributed by atoms with E-state index in [2.05, 4.69) is 0 Å². The number of hydrogen-bond donors (Lipinski definition) is 0. The summed E-state index contributed by atoms with van der Waals surface area (Å²) >= 11 is 12.3. The van der Waals surface area contributed by atoms with Gasteiger partial charge in [0.05, 0.1) is 5.92 Å². The van der Waals surface area contributed by atoms with E-state index in [4.69, 9.17) is 32.1 Å². The Hall–Kier alpha value is -2.61. The predicted molar refractivity (Wildman–Crippen MR) is 145 cm³/mol. The molecule has 0 spiro atoms. The number of Topliss-reactive ketones (excluding diaryl/α,β-unsaturated/α-hetero) is 2. The molecule has 0 saturated carbocycles. The van der Waals surface area contributed by atoms with E-state index in [1.807, 2.05) is 27.7 Å². The highest BCUT2D eigenvalue weighted by molar-refractivity contribution is 7.87. The molecule has 0 fully saturated rings. The second-order valence-electron chi connectivity index (χ2n) is 11.8. The van der Waals surface area contributed by atoms with Gasteiger partial charge in [0.2, 0.25) is 0 Å². The third kappa shape index (κ3) is 5.04. The number of allylic oxidation sites excluding steroid dienone is 4. The first-order chi connectivity index (χ1) is 17.7. The quantitative estimate of drug-likeness (QED) is 0.360. The van der Waals surface area contributed by atoms with Crippen molar-refractivity contribution in [3.8, 4) is 5.75 Å². The molecule has 0 N–H and O–H groups in total. The monoisotopic (exact) mass is 574 g/mol. The summed E-state index contributed by atoms with van der Waals surface area (Å²) in [5, 5.41) is 0.703. The van der Waals surface area contributed by atoms with E-state index in [-0.39, 0.29) is 45.9 Å². The van der Waals surface area contributed by atoms with Crippen molar-refractivity contribution in [1.82, 2.24) is 0 Å². The molecule has 2 aromatic carbocycles. The molecule has 2 aromatic rings. The summed E-state index contributed by atoms with van der Waals surface area (Å²) in [7, 11) is -4.26. The Bertz CT molecular complexity index is 1480. The van der Waals surface area contributed by atoms with E-state index >= 15 is 0 Å². The minimum atomic E-state index is -4.26. The van der Waals surface area contributed by atoms with Gasteiger partial charge in [-0.2, -0.15) is 8.42 Å². The molecule has 0 aromatic heterocycles. The van der Waals surface area contributed by atoms with Crippen molar-refractivity contribution < 1.29 is 26.9 Å². The maximum atomic E-state index is 13.6. The molecule has 0 atom stereocenters. The normalized spacial score (nSPS) is 21.1. The van der Waals surface area contributed by atoms with E-state index in [1.165, 1.54) is 36.4 Å². The smallest absolute Gasteiger partial charge is 0.339 e. The lowest BCUT2D eigenvalue weighted by molar-refractivity contribution is -0.120. The van der Waals surface area contributed by atoms with Crippen molar-refractivity contribution in [2.45, 2.75) is 64.2 Å². The Morgan fingerprint density at radius 1 is 0.789 bits per heavy atom. The molecule has 0 saturated heterocycles. The molecule has 9 heteroatoms. The molecule has 0 radical (unpaired) electrons. The van der Waals surface area contributed by atoms with E-state index in [1.54, 1.807) is 6.07 Å². The maximum Gasteiger partial charge on any atom is 0.339 e. The van der Waals surface area contributed by atoms with Gasteiger partial charge in [0, 0.05) is 52.4 Å². The molecule has 1 heterocycles. The second kappa shape index (κ2) is 9.25. The largest absolute Gasteiger partial charge is 0.465 e. The van der Waals surface area contributed by atoms with E-state index in [0.717, 1.165) is 0 Å². The van der Waals surface area contributed by atoms with Crippen LogP contribution < -0.4 is 4.18 Å². The molecule has 0 unspecified atom stereocenters. The van der Waals surface area contributed by atoms with Gasteiger partial charge in [-0.3, -0.25) is 9.59 Å². The van der Waals surface area contributed by atoms with Gasteiger partial charge in [-0.25, -0.2) is 0 Å². The topological polar surface area (TPSA) is 86.7 Å². The van der Waals surface area contributed by atoms with Gasteiger partial charge in [0.25, 0.3) is 0 Å². The van der Waals surface area contributed by atoms with Gasteiger partial charge in [-0.05, 0) is 53.3 Å². The maximum absolute atomic E-state index is 13.6. The minimum absolute atomic E-state index is 0.00906. The highest BCUT2D eigenvalue weighted by Gasteiger charge is 2.48. The lowest BCUT2D eigenvalue weighted by atomic mass is 9.65. The summed E-state index contributed by atoms with van der Waals surface area (Å²) in [6.45, 7) is 8.00. The zero-order valence-corrected chi connectivity index (χ0v) is 23.9. The lowest BCUT2D eigenvalue weighted by Gasteiger charge is -2.42. The molecule has 5 rings (SSSR count). The Balaban J connectivity index is 1.70. The van der Waals surface area contributed by atoms with Gasteiger partial charge >= 0.3 is 10.1 Å². The average Bonchev–Trinajstić information content (AvgIpc) is 2.77. The van der Waals surface area contributed by atoms with Crippen molar-refractivity contribution in [2.24, 2.45) is 10.8 Å². The van der Waals surface area contributed by atoms with Crippen molar-refractivity contribution in [2.75, 3.05) is 0 Å². The molecule has 0 bridgehead atoms. The van der Waals surface area contributed by atoms with Gasteiger partial charge in [0.15, 0.2) is 11.6 Å². The fourth-order valence-corrected chi connectivity index (χ4v) is 6.83. The van der Waals surface area contributed by atoms with E-state index in [0.29, 0.717) is 51.1 Å². The summed E-state index contributed by atoms with van der Waals surface area (Å²) in [5.41, 5.74) is 0.426. The Morgan fingerprint density at radius 2 is 1.29 bits per heavy atom. The summed E-state index contributed by atoms with van der Waals surface area (Å²) in [6.07, 6.45) is 1.56. The molecule has 38 heavy (non-hydrogen) atoms. The average molecular weight is 576 g/mol. The molecule has 6 nitrogen and oxygen atoms in total. The fourth-order valence-electron chi connectivity index (χ4n) is 5.57. The summed E-state index contributed by atoms with van der Waals surface area (Å²) < 4.78 is 38.4.